The van der Waals surface area contributed by atoms with Crippen molar-refractivity contribution in [2.45, 2.75) is 45.2 Å². The van der Waals surface area contributed by atoms with Crippen molar-refractivity contribution in [3.05, 3.63) is 89.4 Å². The number of hydrogen-bond donors (Lipinski definition) is 1. The van der Waals surface area contributed by atoms with E-state index in [2.05, 4.69) is 24.4 Å². The average Bonchev–Trinajstić information content (AvgIpc) is 3.63. The maximum Gasteiger partial charge on any atom is 0.271 e. The first kappa shape index (κ1) is 26.4. The number of hydrogen-bond acceptors (Lipinski definition) is 6. The predicted octanol–water partition coefficient (Wildman–Crippen LogP) is 5.53. The number of para-hydroxylation sites is 1. The van der Waals surface area contributed by atoms with Crippen molar-refractivity contribution in [3.8, 4) is 22.0 Å². The third-order valence-corrected chi connectivity index (χ3v) is 7.72. The molecule has 3 heterocycles. The number of thiophene rings is 1. The van der Waals surface area contributed by atoms with E-state index in [4.69, 9.17) is 9.84 Å². The summed E-state index contributed by atoms with van der Waals surface area (Å²) in [6.07, 6.45) is 6.68. The molecular weight excluding hydrogens is 510 g/mol. The zero-order valence-corrected chi connectivity index (χ0v) is 22.8. The molecule has 2 atom stereocenters. The number of nitrogens with one attached hydrogen (secondary N) is 1. The van der Waals surface area contributed by atoms with Crippen LogP contribution in [0.3, 0.4) is 0 Å². The number of hydrazone groups is 1. The number of carbonyl (C=O) groups is 2. The maximum absolute atomic E-state index is 12.7. The highest BCUT2D eigenvalue weighted by molar-refractivity contribution is 7.13. The Bertz CT molecular complexity index is 1420. The molecule has 0 saturated carbocycles. The molecule has 2 amide bonds. The Kier molecular flexibility index (Phi) is 8.17. The molecule has 1 aliphatic heterocycles. The van der Waals surface area contributed by atoms with E-state index in [1.807, 2.05) is 58.9 Å². The van der Waals surface area contributed by atoms with Crippen molar-refractivity contribution in [3.63, 3.8) is 0 Å². The fourth-order valence-corrected chi connectivity index (χ4v) is 5.59. The molecule has 200 valence electrons. The first-order valence-electron chi connectivity index (χ1n) is 13.1. The van der Waals surface area contributed by atoms with Crippen molar-refractivity contribution < 1.29 is 14.3 Å². The quantitative estimate of drug-likeness (QED) is 0.235. The molecule has 0 bridgehead atoms. The van der Waals surface area contributed by atoms with Crippen LogP contribution in [0.15, 0.2) is 83.4 Å². The highest BCUT2D eigenvalue weighted by Crippen LogP contribution is 2.27. The van der Waals surface area contributed by atoms with Crippen LogP contribution < -0.4 is 10.2 Å². The number of rotatable bonds is 8. The minimum atomic E-state index is -0.349. The molecule has 0 spiro atoms. The van der Waals surface area contributed by atoms with Crippen molar-refractivity contribution in [1.82, 2.24) is 20.1 Å². The lowest BCUT2D eigenvalue weighted by molar-refractivity contribution is -0.139. The van der Waals surface area contributed by atoms with Gasteiger partial charge in [-0.25, -0.2) is 10.1 Å². The number of benzene rings is 2. The molecule has 1 N–H and O–H groups in total. The van der Waals surface area contributed by atoms with Gasteiger partial charge in [0.1, 0.15) is 11.4 Å². The van der Waals surface area contributed by atoms with E-state index in [0.717, 1.165) is 41.1 Å². The second kappa shape index (κ2) is 12.1. The zero-order chi connectivity index (χ0) is 27.2. The van der Waals surface area contributed by atoms with Gasteiger partial charge in [0, 0.05) is 29.4 Å². The number of ether oxygens (including phenoxy) is 1. The number of nitrogens with zero attached hydrogens (tertiary/aromatic N) is 4. The van der Waals surface area contributed by atoms with E-state index in [9.17, 15) is 9.59 Å². The van der Waals surface area contributed by atoms with Gasteiger partial charge in [0.05, 0.1) is 16.8 Å². The van der Waals surface area contributed by atoms with E-state index < -0.39 is 0 Å². The Balaban J connectivity index is 1.20. The standard InChI is InChI=1S/C30H31N5O3S/c1-21-8-6-9-22(2)35(21)28(36)20-38-26-15-13-23(14-16-26)30(37)32-31-18-24-19-34(25-10-4-3-5-11-25)33-29(24)27-12-7-17-39-27/h3-5,7,10-19,21-22H,6,8-9,20H2,1-2H3,(H,32,37). The van der Waals surface area contributed by atoms with Crippen molar-refractivity contribution in [2.75, 3.05) is 6.61 Å². The van der Waals surface area contributed by atoms with Gasteiger partial charge >= 0.3 is 0 Å². The number of amides is 2. The number of piperidine rings is 1. The van der Waals surface area contributed by atoms with Crippen LogP contribution in [-0.2, 0) is 4.79 Å². The molecule has 39 heavy (non-hydrogen) atoms. The lowest BCUT2D eigenvalue weighted by Gasteiger charge is -2.38. The highest BCUT2D eigenvalue weighted by Gasteiger charge is 2.29. The van der Waals surface area contributed by atoms with Crippen molar-refractivity contribution in [2.24, 2.45) is 5.10 Å². The Morgan fingerprint density at radius 1 is 1.05 bits per heavy atom. The fraction of sp³-hybridized carbons (Fsp3) is 0.267. The molecule has 1 aliphatic rings. The molecule has 2 unspecified atom stereocenters. The summed E-state index contributed by atoms with van der Waals surface area (Å²) in [6, 6.07) is 20.9. The molecule has 2 aromatic heterocycles. The van der Waals surface area contributed by atoms with Crippen LogP contribution in [0.25, 0.3) is 16.3 Å². The van der Waals surface area contributed by atoms with Gasteiger partial charge in [0.25, 0.3) is 11.8 Å². The lowest BCUT2D eigenvalue weighted by atomic mass is 9.97. The fourth-order valence-electron chi connectivity index (χ4n) is 4.86. The van der Waals surface area contributed by atoms with E-state index in [-0.39, 0.29) is 30.5 Å². The van der Waals surface area contributed by atoms with Gasteiger partial charge in [-0.1, -0.05) is 24.3 Å². The summed E-state index contributed by atoms with van der Waals surface area (Å²) in [5.41, 5.74) is 5.53. The van der Waals surface area contributed by atoms with E-state index >= 15 is 0 Å². The van der Waals surface area contributed by atoms with Gasteiger partial charge in [0.2, 0.25) is 0 Å². The lowest BCUT2D eigenvalue weighted by Crippen LogP contribution is -2.49. The van der Waals surface area contributed by atoms with Crippen molar-refractivity contribution >= 4 is 29.4 Å². The Hall–Kier alpha value is -4.24. The highest BCUT2D eigenvalue weighted by atomic mass is 32.1. The van der Waals surface area contributed by atoms with E-state index in [1.54, 1.807) is 46.5 Å². The molecule has 0 radical (unpaired) electrons. The third kappa shape index (κ3) is 6.26. The van der Waals surface area contributed by atoms with Gasteiger partial charge in [-0.05, 0) is 81.0 Å². The van der Waals surface area contributed by atoms with Gasteiger partial charge in [-0.15, -0.1) is 11.3 Å². The van der Waals surface area contributed by atoms with E-state index in [0.29, 0.717) is 11.3 Å². The largest absolute Gasteiger partial charge is 0.484 e. The van der Waals surface area contributed by atoms with Crippen LogP contribution in [0.1, 0.15) is 49.0 Å². The normalized spacial score (nSPS) is 17.3. The molecule has 5 rings (SSSR count). The topological polar surface area (TPSA) is 88.8 Å². The molecule has 0 aliphatic carbocycles. The van der Waals surface area contributed by atoms with Gasteiger partial charge in [-0.3, -0.25) is 9.59 Å². The molecule has 4 aromatic rings. The minimum absolute atomic E-state index is 0.0108. The SMILES string of the molecule is CC1CCCC(C)N1C(=O)COc1ccc(C(=O)NN=Cc2cn(-c3ccccc3)nc2-c2cccs2)cc1. The summed E-state index contributed by atoms with van der Waals surface area (Å²) >= 11 is 1.59. The number of carbonyl (C=O) groups excluding carboxylic acids is 2. The predicted molar refractivity (Wildman–Crippen MR) is 153 cm³/mol. The Morgan fingerprint density at radius 2 is 1.79 bits per heavy atom. The number of likely N-dealkylation sites (tertiary alicyclic amines) is 1. The van der Waals surface area contributed by atoms with E-state index in [1.165, 1.54) is 0 Å². The Morgan fingerprint density at radius 3 is 2.49 bits per heavy atom. The van der Waals surface area contributed by atoms with Crippen molar-refractivity contribution in [1.29, 1.82) is 0 Å². The maximum atomic E-state index is 12.7. The first-order chi connectivity index (χ1) is 19.0. The summed E-state index contributed by atoms with van der Waals surface area (Å²) in [5, 5.41) is 10.9. The van der Waals surface area contributed by atoms with Gasteiger partial charge < -0.3 is 9.64 Å². The number of aromatic nitrogens is 2. The van der Waals surface area contributed by atoms with Crippen LogP contribution in [0.2, 0.25) is 0 Å². The molecule has 1 fully saturated rings. The second-order valence-corrected chi connectivity index (χ2v) is 10.6. The third-order valence-electron chi connectivity index (χ3n) is 6.85. The molecule has 9 heteroatoms. The molecular formula is C30H31N5O3S. The summed E-state index contributed by atoms with van der Waals surface area (Å²) in [6.45, 7) is 4.15. The van der Waals surface area contributed by atoms with Gasteiger partial charge in [0.15, 0.2) is 6.61 Å². The smallest absolute Gasteiger partial charge is 0.271 e. The first-order valence-corrected chi connectivity index (χ1v) is 13.9. The molecule has 2 aromatic carbocycles. The Labute approximate surface area is 231 Å². The molecule has 1 saturated heterocycles. The summed E-state index contributed by atoms with van der Waals surface area (Å²) < 4.78 is 7.52. The summed E-state index contributed by atoms with van der Waals surface area (Å²) in [7, 11) is 0. The van der Waals surface area contributed by atoms with Crippen LogP contribution in [0.4, 0.5) is 0 Å². The van der Waals surface area contributed by atoms with Crippen LogP contribution in [-0.4, -0.2) is 51.4 Å². The summed E-state index contributed by atoms with van der Waals surface area (Å²) in [4.78, 5) is 28.3. The average molecular weight is 542 g/mol. The molecule has 8 nitrogen and oxygen atoms in total. The zero-order valence-electron chi connectivity index (χ0n) is 22.0. The van der Waals surface area contributed by atoms with Crippen LogP contribution in [0.5, 0.6) is 5.75 Å². The minimum Gasteiger partial charge on any atom is -0.484 e. The van der Waals surface area contributed by atoms with Gasteiger partial charge in [-0.2, -0.15) is 10.2 Å². The second-order valence-electron chi connectivity index (χ2n) is 9.63. The summed E-state index contributed by atoms with van der Waals surface area (Å²) in [5.74, 6) is 0.177. The monoisotopic (exact) mass is 541 g/mol. The van der Waals surface area contributed by atoms with Crippen LogP contribution in [0, 0.1) is 0 Å². The van der Waals surface area contributed by atoms with Crippen LogP contribution >= 0.6 is 11.3 Å².